The molecule has 0 aliphatic heterocycles. The van der Waals surface area contributed by atoms with Crippen LogP contribution >= 0.6 is 12.6 Å². The molecule has 15 nitrogen and oxygen atoms in total. The summed E-state index contributed by atoms with van der Waals surface area (Å²) in [5.41, 5.74) is 26.8. The summed E-state index contributed by atoms with van der Waals surface area (Å²) in [5.74, 6) is -4.68. The van der Waals surface area contributed by atoms with E-state index in [0.29, 0.717) is 19.4 Å². The molecule has 200 valence electrons. The SMILES string of the molecule is NCCCCC(NC(=O)C(N)CS)C(=O)NC(CCCN=C(N)N)C(=O)NC(CC(N)=O)C(=O)O. The molecule has 0 fully saturated rings. The van der Waals surface area contributed by atoms with E-state index in [-0.39, 0.29) is 37.5 Å². The van der Waals surface area contributed by atoms with E-state index < -0.39 is 60.2 Å². The number of rotatable bonds is 18. The zero-order valence-corrected chi connectivity index (χ0v) is 20.3. The van der Waals surface area contributed by atoms with Gasteiger partial charge in [-0.2, -0.15) is 12.6 Å². The number of thiol groups is 1. The lowest BCUT2D eigenvalue weighted by Gasteiger charge is -2.25. The molecule has 0 heterocycles. The molecule has 0 rings (SSSR count). The molecule has 0 aromatic heterocycles. The first-order chi connectivity index (χ1) is 16.4. The van der Waals surface area contributed by atoms with E-state index in [1.807, 2.05) is 0 Å². The van der Waals surface area contributed by atoms with E-state index in [1.165, 1.54) is 0 Å². The summed E-state index contributed by atoms with van der Waals surface area (Å²) in [4.78, 5) is 64.3. The van der Waals surface area contributed by atoms with Gasteiger partial charge in [-0.05, 0) is 38.6 Å². The number of guanidine groups is 1. The Morgan fingerprint density at radius 3 is 1.80 bits per heavy atom. The predicted octanol–water partition coefficient (Wildman–Crippen LogP) is -4.16. The molecule has 35 heavy (non-hydrogen) atoms. The Labute approximate surface area is 208 Å². The van der Waals surface area contributed by atoms with Gasteiger partial charge in [0.2, 0.25) is 23.6 Å². The Morgan fingerprint density at radius 1 is 0.829 bits per heavy atom. The minimum atomic E-state index is -1.59. The van der Waals surface area contributed by atoms with Crippen LogP contribution in [0.4, 0.5) is 0 Å². The predicted molar refractivity (Wildman–Crippen MR) is 132 cm³/mol. The van der Waals surface area contributed by atoms with Crippen molar-refractivity contribution in [1.82, 2.24) is 16.0 Å². The van der Waals surface area contributed by atoms with Gasteiger partial charge in [-0.3, -0.25) is 24.2 Å². The zero-order chi connectivity index (χ0) is 27.0. The second-order valence-corrected chi connectivity index (χ2v) is 8.08. The lowest BCUT2D eigenvalue weighted by Crippen LogP contribution is -2.57. The number of carbonyl (C=O) groups is 5. The Kier molecular flexibility index (Phi) is 15.8. The van der Waals surface area contributed by atoms with Crippen LogP contribution in [-0.4, -0.2) is 83.7 Å². The van der Waals surface area contributed by atoms with E-state index in [4.69, 9.17) is 28.7 Å². The van der Waals surface area contributed by atoms with Gasteiger partial charge in [0.25, 0.3) is 0 Å². The monoisotopic (exact) mass is 519 g/mol. The molecule has 0 spiro atoms. The Balaban J connectivity index is 5.60. The first-order valence-electron chi connectivity index (χ1n) is 11.0. The molecule has 4 atom stereocenters. The fourth-order valence-corrected chi connectivity index (χ4v) is 3.01. The van der Waals surface area contributed by atoms with Crippen molar-refractivity contribution in [3.8, 4) is 0 Å². The van der Waals surface area contributed by atoms with Crippen molar-refractivity contribution < 1.29 is 29.1 Å². The number of carbonyl (C=O) groups excluding carboxylic acids is 4. The van der Waals surface area contributed by atoms with E-state index in [0.717, 1.165) is 0 Å². The number of hydrogen-bond acceptors (Lipinski definition) is 9. The number of nitrogens with zero attached hydrogens (tertiary/aromatic N) is 1. The quantitative estimate of drug-likeness (QED) is 0.0361. The molecule has 4 amide bonds. The van der Waals surface area contributed by atoms with Crippen molar-refractivity contribution in [2.75, 3.05) is 18.8 Å². The first-order valence-corrected chi connectivity index (χ1v) is 11.6. The number of hydrogen-bond donors (Lipinski definition) is 10. The largest absolute Gasteiger partial charge is 0.480 e. The third-order valence-electron chi connectivity index (χ3n) is 4.71. The van der Waals surface area contributed by atoms with Crippen molar-refractivity contribution in [2.45, 2.75) is 62.7 Å². The van der Waals surface area contributed by atoms with Gasteiger partial charge in [0, 0.05) is 12.3 Å². The van der Waals surface area contributed by atoms with Crippen LogP contribution in [0.25, 0.3) is 0 Å². The molecule has 0 saturated heterocycles. The zero-order valence-electron chi connectivity index (χ0n) is 19.4. The molecule has 0 aliphatic carbocycles. The molecular weight excluding hydrogens is 482 g/mol. The second kappa shape index (κ2) is 17.3. The van der Waals surface area contributed by atoms with Gasteiger partial charge in [-0.1, -0.05) is 0 Å². The maximum atomic E-state index is 13.0. The number of nitrogens with one attached hydrogen (secondary N) is 3. The summed E-state index contributed by atoms with van der Waals surface area (Å²) in [6, 6.07) is -4.80. The number of carboxylic acids is 1. The fourth-order valence-electron chi connectivity index (χ4n) is 2.84. The number of unbranched alkanes of at least 4 members (excludes halogenated alkanes) is 1. The number of carboxylic acid groups (broad SMARTS) is 1. The van der Waals surface area contributed by atoms with E-state index in [9.17, 15) is 29.1 Å². The van der Waals surface area contributed by atoms with Crippen molar-refractivity contribution >= 4 is 48.2 Å². The van der Waals surface area contributed by atoms with Crippen LogP contribution in [0.2, 0.25) is 0 Å². The van der Waals surface area contributed by atoms with Crippen LogP contribution in [0, 0.1) is 0 Å². The summed E-state index contributed by atoms with van der Waals surface area (Å²) in [6.45, 7) is 0.518. The Morgan fingerprint density at radius 2 is 1.34 bits per heavy atom. The van der Waals surface area contributed by atoms with Crippen molar-refractivity contribution in [3.63, 3.8) is 0 Å². The van der Waals surface area contributed by atoms with Crippen LogP contribution in [0.5, 0.6) is 0 Å². The van der Waals surface area contributed by atoms with Crippen molar-refractivity contribution in [3.05, 3.63) is 0 Å². The highest BCUT2D eigenvalue weighted by Crippen LogP contribution is 2.06. The van der Waals surface area contributed by atoms with Gasteiger partial charge < -0.3 is 49.7 Å². The minimum absolute atomic E-state index is 0.0247. The number of amides is 4. The molecule has 0 bridgehead atoms. The number of aliphatic carboxylic acids is 1. The van der Waals surface area contributed by atoms with Crippen LogP contribution < -0.4 is 44.6 Å². The van der Waals surface area contributed by atoms with Gasteiger partial charge in [-0.15, -0.1) is 0 Å². The molecule has 0 saturated carbocycles. The third-order valence-corrected chi connectivity index (χ3v) is 5.10. The summed E-state index contributed by atoms with van der Waals surface area (Å²) in [7, 11) is 0. The van der Waals surface area contributed by atoms with Gasteiger partial charge in [0.05, 0.1) is 12.5 Å². The van der Waals surface area contributed by atoms with Crippen LogP contribution in [0.3, 0.4) is 0 Å². The molecule has 14 N–H and O–H groups in total. The summed E-state index contributed by atoms with van der Waals surface area (Å²) < 4.78 is 0. The van der Waals surface area contributed by atoms with Crippen LogP contribution in [0.1, 0.15) is 38.5 Å². The number of primary amides is 1. The molecule has 0 radical (unpaired) electrons. The van der Waals surface area contributed by atoms with Crippen LogP contribution in [0.15, 0.2) is 4.99 Å². The summed E-state index contributed by atoms with van der Waals surface area (Å²) >= 11 is 3.97. The fraction of sp³-hybridized carbons (Fsp3) is 0.684. The first kappa shape index (κ1) is 31.9. The second-order valence-electron chi connectivity index (χ2n) is 7.71. The summed E-state index contributed by atoms with van der Waals surface area (Å²) in [5, 5.41) is 16.5. The van der Waals surface area contributed by atoms with Crippen molar-refractivity contribution in [1.29, 1.82) is 0 Å². The standard InChI is InChI=1S/C19H37N9O6S/c20-6-2-1-4-11(26-15(30)10(21)9-35)16(31)27-12(5-3-7-25-19(23)24)17(32)28-13(18(33)34)8-14(22)29/h10-13,35H,1-9,20-21H2,(H2,22,29)(H,26,30)(H,27,31)(H,28,32)(H,33,34)(H4,23,24,25). The highest BCUT2D eigenvalue weighted by Gasteiger charge is 2.30. The summed E-state index contributed by atoms with van der Waals surface area (Å²) in [6.07, 6.45) is 0.945. The maximum absolute atomic E-state index is 13.0. The molecule has 0 aromatic carbocycles. The third kappa shape index (κ3) is 14.0. The Bertz CT molecular complexity index is 763. The number of aliphatic imine (C=N–C) groups is 1. The van der Waals surface area contributed by atoms with E-state index >= 15 is 0 Å². The topological polar surface area (TPSA) is 284 Å². The lowest BCUT2D eigenvalue weighted by molar-refractivity contribution is -0.143. The highest BCUT2D eigenvalue weighted by atomic mass is 32.1. The average molecular weight is 520 g/mol. The van der Waals surface area contributed by atoms with Crippen molar-refractivity contribution in [2.24, 2.45) is 33.7 Å². The molecule has 0 aliphatic rings. The molecule has 4 unspecified atom stereocenters. The van der Waals surface area contributed by atoms with Gasteiger partial charge in [0.15, 0.2) is 5.96 Å². The van der Waals surface area contributed by atoms with Gasteiger partial charge in [-0.25, -0.2) is 4.79 Å². The molecular formula is C19H37N9O6S. The number of nitrogens with two attached hydrogens (primary N) is 5. The van der Waals surface area contributed by atoms with Gasteiger partial charge >= 0.3 is 5.97 Å². The van der Waals surface area contributed by atoms with Gasteiger partial charge in [0.1, 0.15) is 18.1 Å². The lowest BCUT2D eigenvalue weighted by atomic mass is 10.1. The molecule has 0 aromatic rings. The smallest absolute Gasteiger partial charge is 0.326 e. The highest BCUT2D eigenvalue weighted by molar-refractivity contribution is 7.80. The average Bonchev–Trinajstić information content (AvgIpc) is 2.78. The Hall–Kier alpha value is -3.11. The van der Waals surface area contributed by atoms with E-state index in [1.54, 1.807) is 0 Å². The maximum Gasteiger partial charge on any atom is 0.326 e. The minimum Gasteiger partial charge on any atom is -0.480 e. The normalized spacial score (nSPS) is 14.0. The van der Waals surface area contributed by atoms with E-state index in [2.05, 4.69) is 33.6 Å². The molecule has 16 heteroatoms. The van der Waals surface area contributed by atoms with Crippen LogP contribution in [-0.2, 0) is 24.0 Å².